The third-order valence-corrected chi connectivity index (χ3v) is 3.57. The number of aromatic nitrogens is 2. The molecule has 0 aliphatic heterocycles. The highest BCUT2D eigenvalue weighted by Gasteiger charge is 2.23. The number of hydrogen-bond acceptors (Lipinski definition) is 3. The highest BCUT2D eigenvalue weighted by molar-refractivity contribution is 6.58. The van der Waals surface area contributed by atoms with E-state index in [1.54, 1.807) is 12.3 Å². The molecule has 0 radical (unpaired) electrons. The zero-order valence-corrected chi connectivity index (χ0v) is 9.80. The Kier molecular flexibility index (Phi) is 2.45. The highest BCUT2D eigenvalue weighted by Crippen LogP contribution is 2.31. The van der Waals surface area contributed by atoms with Crippen LogP contribution >= 0.6 is 0 Å². The smallest absolute Gasteiger partial charge is 0.423 e. The molecule has 0 bridgehead atoms. The van der Waals surface area contributed by atoms with E-state index < -0.39 is 7.12 Å². The summed E-state index contributed by atoms with van der Waals surface area (Å²) in [6, 6.07) is 3.56. The number of fused-ring (bicyclic) bond motifs is 3. The van der Waals surface area contributed by atoms with Gasteiger partial charge in [-0.15, -0.1) is 0 Å². The summed E-state index contributed by atoms with van der Waals surface area (Å²) in [7, 11) is -1.42. The lowest BCUT2D eigenvalue weighted by Gasteiger charge is -2.18. The van der Waals surface area contributed by atoms with Gasteiger partial charge in [-0.2, -0.15) is 0 Å². The summed E-state index contributed by atoms with van der Waals surface area (Å²) < 4.78 is 2.01. The van der Waals surface area contributed by atoms with Crippen LogP contribution in [-0.4, -0.2) is 26.6 Å². The Morgan fingerprint density at radius 2 is 2.24 bits per heavy atom. The van der Waals surface area contributed by atoms with E-state index in [0.717, 1.165) is 17.8 Å². The lowest BCUT2D eigenvalue weighted by molar-refractivity contribution is 0.425. The number of rotatable bonds is 1. The number of aryl methyl sites for hydroxylation is 1. The van der Waals surface area contributed by atoms with E-state index in [1.165, 1.54) is 18.5 Å². The molecule has 0 amide bonds. The molecule has 4 nitrogen and oxygen atoms in total. The van der Waals surface area contributed by atoms with Gasteiger partial charge in [-0.05, 0) is 36.7 Å². The summed E-state index contributed by atoms with van der Waals surface area (Å²) in [5.41, 5.74) is 3.80. The van der Waals surface area contributed by atoms with Crippen LogP contribution in [0.2, 0.25) is 0 Å². The molecule has 0 saturated carbocycles. The summed E-state index contributed by atoms with van der Waals surface area (Å²) >= 11 is 0. The zero-order chi connectivity index (χ0) is 12.0. The monoisotopic (exact) mass is 230 g/mol. The molecule has 2 aromatic rings. The molecular formula is C12H15BN2O2. The molecule has 2 N–H and O–H groups in total. The summed E-state index contributed by atoms with van der Waals surface area (Å²) in [6.07, 6.45) is 5.17. The predicted molar refractivity (Wildman–Crippen MR) is 66.4 cm³/mol. The summed E-state index contributed by atoms with van der Waals surface area (Å²) in [4.78, 5) is 4.60. The van der Waals surface area contributed by atoms with Crippen LogP contribution in [-0.2, 0) is 6.42 Å². The van der Waals surface area contributed by atoms with E-state index in [-0.39, 0.29) is 0 Å². The SMILES string of the molecule is CC1CCCc2nc3ccc(B(O)O)cn3c21. The topological polar surface area (TPSA) is 57.8 Å². The van der Waals surface area contributed by atoms with Gasteiger partial charge in [0.2, 0.25) is 0 Å². The van der Waals surface area contributed by atoms with Crippen LogP contribution in [0.15, 0.2) is 18.3 Å². The van der Waals surface area contributed by atoms with Crippen molar-refractivity contribution >= 4 is 18.2 Å². The third-order valence-electron chi connectivity index (χ3n) is 3.57. The molecule has 0 aromatic carbocycles. The molecule has 2 aromatic heterocycles. The molecule has 3 rings (SSSR count). The Morgan fingerprint density at radius 1 is 1.41 bits per heavy atom. The molecule has 5 heteroatoms. The van der Waals surface area contributed by atoms with Crippen molar-refractivity contribution in [3.05, 3.63) is 29.7 Å². The summed E-state index contributed by atoms with van der Waals surface area (Å²) in [5, 5.41) is 18.4. The largest absolute Gasteiger partial charge is 0.489 e. The highest BCUT2D eigenvalue weighted by atomic mass is 16.4. The summed E-state index contributed by atoms with van der Waals surface area (Å²) in [6.45, 7) is 2.20. The average molecular weight is 230 g/mol. The van der Waals surface area contributed by atoms with Crippen LogP contribution in [0.4, 0.5) is 0 Å². The van der Waals surface area contributed by atoms with Gasteiger partial charge in [-0.3, -0.25) is 0 Å². The minimum absolute atomic E-state index is 0.486. The maximum Gasteiger partial charge on any atom is 0.489 e. The second-order valence-electron chi connectivity index (χ2n) is 4.80. The van der Waals surface area contributed by atoms with Gasteiger partial charge >= 0.3 is 7.12 Å². The average Bonchev–Trinajstić information content (AvgIpc) is 2.67. The minimum atomic E-state index is -1.42. The predicted octanol–water partition coefficient (Wildman–Crippen LogP) is 0.454. The maximum absolute atomic E-state index is 9.21. The fraction of sp³-hybridized carbons (Fsp3) is 0.417. The molecule has 1 aliphatic rings. The van der Waals surface area contributed by atoms with E-state index >= 15 is 0 Å². The Hall–Kier alpha value is -1.33. The Labute approximate surface area is 100 Å². The lowest BCUT2D eigenvalue weighted by Crippen LogP contribution is -2.30. The van der Waals surface area contributed by atoms with Gasteiger partial charge in [0.15, 0.2) is 0 Å². The minimum Gasteiger partial charge on any atom is -0.423 e. The van der Waals surface area contributed by atoms with Gasteiger partial charge < -0.3 is 14.4 Å². The van der Waals surface area contributed by atoms with Gasteiger partial charge in [0.25, 0.3) is 0 Å². The molecule has 1 atom stereocenters. The molecule has 88 valence electrons. The van der Waals surface area contributed by atoms with Crippen LogP contribution in [0.1, 0.15) is 37.1 Å². The van der Waals surface area contributed by atoms with Gasteiger partial charge in [0, 0.05) is 11.9 Å². The molecule has 17 heavy (non-hydrogen) atoms. The van der Waals surface area contributed by atoms with Crippen molar-refractivity contribution < 1.29 is 10.0 Å². The van der Waals surface area contributed by atoms with Crippen molar-refractivity contribution in [1.82, 2.24) is 9.38 Å². The molecule has 0 saturated heterocycles. The van der Waals surface area contributed by atoms with Crippen molar-refractivity contribution in [2.24, 2.45) is 0 Å². The van der Waals surface area contributed by atoms with Gasteiger partial charge in [0.05, 0.1) is 5.69 Å². The maximum atomic E-state index is 9.21. The fourth-order valence-electron chi connectivity index (χ4n) is 2.70. The molecule has 2 heterocycles. The van der Waals surface area contributed by atoms with Crippen molar-refractivity contribution in [1.29, 1.82) is 0 Å². The molecular weight excluding hydrogens is 215 g/mol. The van der Waals surface area contributed by atoms with Crippen molar-refractivity contribution in [2.75, 3.05) is 0 Å². The standard InChI is InChI=1S/C12H15BN2O2/c1-8-3-2-4-10-12(8)15-7-9(13(16)17)5-6-11(15)14-10/h5-8,16-17H,2-4H2,1H3. The van der Waals surface area contributed by atoms with E-state index in [0.29, 0.717) is 11.4 Å². The van der Waals surface area contributed by atoms with Crippen molar-refractivity contribution in [3.8, 4) is 0 Å². The molecule has 0 spiro atoms. The van der Waals surface area contributed by atoms with E-state index in [2.05, 4.69) is 11.9 Å². The van der Waals surface area contributed by atoms with E-state index in [1.807, 2.05) is 10.5 Å². The van der Waals surface area contributed by atoms with Crippen LogP contribution in [0, 0.1) is 0 Å². The van der Waals surface area contributed by atoms with Crippen molar-refractivity contribution in [3.63, 3.8) is 0 Å². The van der Waals surface area contributed by atoms with Crippen molar-refractivity contribution in [2.45, 2.75) is 32.1 Å². The van der Waals surface area contributed by atoms with Gasteiger partial charge in [-0.1, -0.05) is 13.0 Å². The lowest BCUT2D eigenvalue weighted by atomic mass is 9.81. The first-order valence-electron chi connectivity index (χ1n) is 6.03. The third kappa shape index (κ3) is 1.66. The first-order valence-corrected chi connectivity index (χ1v) is 6.03. The second kappa shape index (κ2) is 3.86. The van der Waals surface area contributed by atoms with Crippen LogP contribution in [0.5, 0.6) is 0 Å². The van der Waals surface area contributed by atoms with Gasteiger partial charge in [0.1, 0.15) is 5.65 Å². The second-order valence-corrected chi connectivity index (χ2v) is 4.80. The zero-order valence-electron chi connectivity index (χ0n) is 9.80. The fourth-order valence-corrected chi connectivity index (χ4v) is 2.70. The molecule has 0 fully saturated rings. The summed E-state index contributed by atoms with van der Waals surface area (Å²) in [5.74, 6) is 0.486. The molecule has 1 aliphatic carbocycles. The van der Waals surface area contributed by atoms with E-state index in [4.69, 9.17) is 0 Å². The van der Waals surface area contributed by atoms with Gasteiger partial charge in [-0.25, -0.2) is 4.98 Å². The molecule has 1 unspecified atom stereocenters. The first kappa shape index (κ1) is 10.8. The first-order chi connectivity index (χ1) is 8.16. The quantitative estimate of drug-likeness (QED) is 0.699. The van der Waals surface area contributed by atoms with E-state index in [9.17, 15) is 10.0 Å². The van der Waals surface area contributed by atoms with Crippen LogP contribution in [0.25, 0.3) is 5.65 Å². The van der Waals surface area contributed by atoms with Crippen LogP contribution < -0.4 is 5.46 Å². The normalized spacial score (nSPS) is 19.4. The Balaban J connectivity index is 2.24. The number of nitrogens with zero attached hydrogens (tertiary/aromatic N) is 2. The van der Waals surface area contributed by atoms with Crippen LogP contribution in [0.3, 0.4) is 0 Å². The Morgan fingerprint density at radius 3 is 3.00 bits per heavy atom. The number of imidazole rings is 1. The number of hydrogen-bond donors (Lipinski definition) is 2. The number of pyridine rings is 1. The Bertz CT molecular complexity index is 565.